The molecule has 0 bridgehead atoms. The smallest absolute Gasteiger partial charge is 0.387 e. The standard InChI is InChI=1S/C16H12F2N2O3/c1-9-19-13-8-11(5-6-14(13)22-9)20-15(21)10-3-2-4-12(7-10)23-16(17)18/h2-8,16H,1H3,(H,20,21). The summed E-state index contributed by atoms with van der Waals surface area (Å²) in [6, 6.07) is 10.6. The van der Waals surface area contributed by atoms with Gasteiger partial charge in [0.2, 0.25) is 0 Å². The van der Waals surface area contributed by atoms with E-state index in [1.165, 1.54) is 24.3 Å². The summed E-state index contributed by atoms with van der Waals surface area (Å²) in [6.07, 6.45) is 0. The SMILES string of the molecule is Cc1nc2cc(NC(=O)c3cccc(OC(F)F)c3)ccc2o1. The lowest BCUT2D eigenvalue weighted by Gasteiger charge is -2.08. The summed E-state index contributed by atoms with van der Waals surface area (Å²) in [5.74, 6) is 0.0137. The number of hydrogen-bond donors (Lipinski definition) is 1. The molecule has 0 aliphatic carbocycles. The van der Waals surface area contributed by atoms with E-state index < -0.39 is 12.5 Å². The number of rotatable bonds is 4. The summed E-state index contributed by atoms with van der Waals surface area (Å²) in [7, 11) is 0. The number of aromatic nitrogens is 1. The second-order valence-electron chi connectivity index (χ2n) is 4.78. The van der Waals surface area contributed by atoms with Gasteiger partial charge in [0.1, 0.15) is 11.3 Å². The molecule has 0 spiro atoms. The summed E-state index contributed by atoms with van der Waals surface area (Å²) >= 11 is 0. The van der Waals surface area contributed by atoms with Gasteiger partial charge in [-0.05, 0) is 36.4 Å². The van der Waals surface area contributed by atoms with Crippen molar-refractivity contribution in [2.75, 3.05) is 5.32 Å². The van der Waals surface area contributed by atoms with Gasteiger partial charge in [-0.25, -0.2) is 4.98 Å². The first-order valence-corrected chi connectivity index (χ1v) is 6.75. The minimum absolute atomic E-state index is 0.0739. The van der Waals surface area contributed by atoms with E-state index in [1.807, 2.05) is 0 Å². The molecule has 1 amide bonds. The molecule has 23 heavy (non-hydrogen) atoms. The topological polar surface area (TPSA) is 64.4 Å². The van der Waals surface area contributed by atoms with Crippen LogP contribution in [0.4, 0.5) is 14.5 Å². The molecule has 0 saturated heterocycles. The van der Waals surface area contributed by atoms with Crippen molar-refractivity contribution in [2.45, 2.75) is 13.5 Å². The number of carbonyl (C=O) groups excluding carboxylic acids is 1. The Morgan fingerprint density at radius 2 is 2.09 bits per heavy atom. The lowest BCUT2D eigenvalue weighted by molar-refractivity contribution is -0.0498. The van der Waals surface area contributed by atoms with Gasteiger partial charge in [-0.15, -0.1) is 0 Å². The van der Waals surface area contributed by atoms with Gasteiger partial charge in [0.05, 0.1) is 0 Å². The molecular formula is C16H12F2N2O3. The Kier molecular flexibility index (Phi) is 3.92. The Labute approximate surface area is 129 Å². The van der Waals surface area contributed by atoms with E-state index in [9.17, 15) is 13.6 Å². The maximum atomic E-state index is 12.2. The third-order valence-electron chi connectivity index (χ3n) is 3.07. The van der Waals surface area contributed by atoms with Crippen molar-refractivity contribution in [2.24, 2.45) is 0 Å². The number of amides is 1. The van der Waals surface area contributed by atoms with E-state index in [-0.39, 0.29) is 11.3 Å². The molecule has 0 radical (unpaired) electrons. The molecule has 0 aliphatic rings. The molecule has 0 aliphatic heterocycles. The van der Waals surface area contributed by atoms with Crippen molar-refractivity contribution < 1.29 is 22.7 Å². The van der Waals surface area contributed by atoms with Gasteiger partial charge in [-0.2, -0.15) is 8.78 Å². The molecular weight excluding hydrogens is 306 g/mol. The van der Waals surface area contributed by atoms with Gasteiger partial charge in [-0.3, -0.25) is 4.79 Å². The Morgan fingerprint density at radius 1 is 1.26 bits per heavy atom. The van der Waals surface area contributed by atoms with E-state index in [0.717, 1.165) is 0 Å². The van der Waals surface area contributed by atoms with E-state index >= 15 is 0 Å². The Balaban J connectivity index is 1.79. The minimum atomic E-state index is -2.94. The molecule has 118 valence electrons. The van der Waals surface area contributed by atoms with Gasteiger partial charge in [0, 0.05) is 18.2 Å². The molecule has 5 nitrogen and oxygen atoms in total. The van der Waals surface area contributed by atoms with Crippen molar-refractivity contribution in [1.82, 2.24) is 4.98 Å². The fourth-order valence-electron chi connectivity index (χ4n) is 2.14. The summed E-state index contributed by atoms with van der Waals surface area (Å²) in [6.45, 7) is -1.21. The first kappa shape index (κ1) is 15.0. The molecule has 0 saturated carbocycles. The molecule has 0 unspecified atom stereocenters. The Bertz CT molecular complexity index is 861. The van der Waals surface area contributed by atoms with E-state index in [0.29, 0.717) is 22.7 Å². The maximum Gasteiger partial charge on any atom is 0.387 e. The van der Waals surface area contributed by atoms with Crippen LogP contribution in [0.1, 0.15) is 16.2 Å². The second-order valence-corrected chi connectivity index (χ2v) is 4.78. The van der Waals surface area contributed by atoms with Crippen molar-refractivity contribution >= 4 is 22.7 Å². The zero-order valence-corrected chi connectivity index (χ0v) is 12.0. The zero-order valence-electron chi connectivity index (χ0n) is 12.0. The molecule has 1 aromatic heterocycles. The quantitative estimate of drug-likeness (QED) is 0.790. The van der Waals surface area contributed by atoms with Crippen LogP contribution >= 0.6 is 0 Å². The number of fused-ring (bicyclic) bond motifs is 1. The fourth-order valence-corrected chi connectivity index (χ4v) is 2.14. The molecule has 7 heteroatoms. The lowest BCUT2D eigenvalue weighted by Crippen LogP contribution is -2.12. The minimum Gasteiger partial charge on any atom is -0.441 e. The summed E-state index contributed by atoms with van der Waals surface area (Å²) < 4.78 is 34.1. The molecule has 0 fully saturated rings. The summed E-state index contributed by atoms with van der Waals surface area (Å²) in [4.78, 5) is 16.4. The first-order chi connectivity index (χ1) is 11.0. The zero-order chi connectivity index (χ0) is 16.4. The molecule has 2 aromatic carbocycles. The summed E-state index contributed by atoms with van der Waals surface area (Å²) in [5.41, 5.74) is 1.97. The number of ether oxygens (including phenoxy) is 1. The van der Waals surface area contributed by atoms with Crippen LogP contribution in [-0.2, 0) is 0 Å². The number of carbonyl (C=O) groups is 1. The number of aryl methyl sites for hydroxylation is 1. The van der Waals surface area contributed by atoms with Crippen molar-refractivity contribution in [1.29, 1.82) is 0 Å². The van der Waals surface area contributed by atoms with Crippen molar-refractivity contribution in [3.63, 3.8) is 0 Å². The lowest BCUT2D eigenvalue weighted by atomic mass is 10.2. The largest absolute Gasteiger partial charge is 0.441 e. The average molecular weight is 318 g/mol. The number of nitrogens with zero attached hydrogens (tertiary/aromatic N) is 1. The molecule has 3 aromatic rings. The predicted molar refractivity (Wildman–Crippen MR) is 79.8 cm³/mol. The first-order valence-electron chi connectivity index (χ1n) is 6.75. The third kappa shape index (κ3) is 3.45. The van der Waals surface area contributed by atoms with Crippen LogP contribution in [0.25, 0.3) is 11.1 Å². The number of alkyl halides is 2. The number of hydrogen-bond acceptors (Lipinski definition) is 4. The molecule has 1 N–H and O–H groups in total. The van der Waals surface area contributed by atoms with Crippen LogP contribution < -0.4 is 10.1 Å². The highest BCUT2D eigenvalue weighted by molar-refractivity contribution is 6.05. The molecule has 3 rings (SSSR count). The van der Waals surface area contributed by atoms with Crippen LogP contribution in [-0.4, -0.2) is 17.5 Å². The van der Waals surface area contributed by atoms with Crippen LogP contribution in [0, 0.1) is 6.92 Å². The fraction of sp³-hybridized carbons (Fsp3) is 0.125. The Hall–Kier alpha value is -2.96. The normalized spacial score (nSPS) is 11.0. The highest BCUT2D eigenvalue weighted by Gasteiger charge is 2.11. The van der Waals surface area contributed by atoms with Gasteiger partial charge in [0.25, 0.3) is 5.91 Å². The van der Waals surface area contributed by atoms with Crippen molar-refractivity contribution in [3.8, 4) is 5.75 Å². The van der Waals surface area contributed by atoms with E-state index in [4.69, 9.17) is 4.42 Å². The highest BCUT2D eigenvalue weighted by Crippen LogP contribution is 2.21. The second kappa shape index (κ2) is 6.04. The van der Waals surface area contributed by atoms with Gasteiger partial charge in [-0.1, -0.05) is 6.07 Å². The highest BCUT2D eigenvalue weighted by atomic mass is 19.3. The predicted octanol–water partition coefficient (Wildman–Crippen LogP) is 3.99. The number of halogens is 2. The number of anilines is 1. The van der Waals surface area contributed by atoms with Crippen LogP contribution in [0.5, 0.6) is 5.75 Å². The molecule has 0 atom stereocenters. The summed E-state index contributed by atoms with van der Waals surface area (Å²) in [5, 5.41) is 2.68. The number of nitrogens with one attached hydrogen (secondary N) is 1. The van der Waals surface area contributed by atoms with Gasteiger partial charge >= 0.3 is 6.61 Å². The number of oxazole rings is 1. The van der Waals surface area contributed by atoms with Gasteiger partial charge < -0.3 is 14.5 Å². The van der Waals surface area contributed by atoms with Crippen molar-refractivity contribution in [3.05, 3.63) is 53.9 Å². The van der Waals surface area contributed by atoms with E-state index in [2.05, 4.69) is 15.0 Å². The van der Waals surface area contributed by atoms with Crippen LogP contribution in [0.3, 0.4) is 0 Å². The maximum absolute atomic E-state index is 12.2. The molecule has 1 heterocycles. The van der Waals surface area contributed by atoms with Gasteiger partial charge in [0.15, 0.2) is 11.5 Å². The van der Waals surface area contributed by atoms with Crippen LogP contribution in [0.15, 0.2) is 46.9 Å². The van der Waals surface area contributed by atoms with Crippen LogP contribution in [0.2, 0.25) is 0 Å². The average Bonchev–Trinajstić information content (AvgIpc) is 2.86. The van der Waals surface area contributed by atoms with E-state index in [1.54, 1.807) is 25.1 Å². The number of benzene rings is 2. The monoisotopic (exact) mass is 318 g/mol. The Morgan fingerprint density at radius 3 is 2.87 bits per heavy atom. The third-order valence-corrected chi connectivity index (χ3v) is 3.07.